The predicted molar refractivity (Wildman–Crippen MR) is 66.5 cm³/mol. The fraction of sp³-hybridized carbons (Fsp3) is 0.571. The summed E-state index contributed by atoms with van der Waals surface area (Å²) in [5, 5.41) is 9.52. The van der Waals surface area contributed by atoms with Crippen molar-refractivity contribution in [3.8, 4) is 0 Å². The van der Waals surface area contributed by atoms with Crippen molar-refractivity contribution >= 4 is 0 Å². The van der Waals surface area contributed by atoms with Crippen molar-refractivity contribution in [2.45, 2.75) is 45.3 Å². The predicted octanol–water partition coefficient (Wildman–Crippen LogP) is 2.80. The Kier molecular flexibility index (Phi) is 6.12. The van der Waals surface area contributed by atoms with Crippen LogP contribution in [0.3, 0.4) is 0 Å². The summed E-state index contributed by atoms with van der Waals surface area (Å²) >= 11 is 0. The summed E-state index contributed by atoms with van der Waals surface area (Å²) in [5.41, 5.74) is 1.34. The van der Waals surface area contributed by atoms with Gasteiger partial charge in [-0.2, -0.15) is 0 Å². The molecule has 1 aromatic carbocycles. The van der Waals surface area contributed by atoms with Crippen LogP contribution in [0.1, 0.15) is 32.3 Å². The van der Waals surface area contributed by atoms with Gasteiger partial charge in [-0.3, -0.25) is 0 Å². The van der Waals surface area contributed by atoms with Gasteiger partial charge in [0.2, 0.25) is 0 Å². The van der Waals surface area contributed by atoms with Crippen molar-refractivity contribution in [1.29, 1.82) is 0 Å². The summed E-state index contributed by atoms with van der Waals surface area (Å²) in [4.78, 5) is 0. The van der Waals surface area contributed by atoms with Crippen molar-refractivity contribution in [3.05, 3.63) is 35.9 Å². The minimum absolute atomic E-state index is 0.0548. The van der Waals surface area contributed by atoms with E-state index < -0.39 is 0 Å². The van der Waals surface area contributed by atoms with Gasteiger partial charge in [0.25, 0.3) is 0 Å². The fourth-order valence-corrected chi connectivity index (χ4v) is 1.63. The van der Waals surface area contributed by atoms with Crippen LogP contribution in [0.15, 0.2) is 30.3 Å². The van der Waals surface area contributed by atoms with Crippen LogP contribution in [-0.4, -0.2) is 23.9 Å². The van der Waals surface area contributed by atoms with E-state index in [4.69, 9.17) is 4.74 Å². The summed E-state index contributed by atoms with van der Waals surface area (Å²) in [6.07, 6.45) is 2.40. The average Bonchev–Trinajstić information content (AvgIpc) is 2.34. The Balaban J connectivity index is 2.13. The molecule has 16 heavy (non-hydrogen) atoms. The molecule has 2 atom stereocenters. The molecule has 0 saturated carbocycles. The summed E-state index contributed by atoms with van der Waals surface area (Å²) < 4.78 is 5.57. The van der Waals surface area contributed by atoms with Crippen molar-refractivity contribution in [2.24, 2.45) is 0 Å². The van der Waals surface area contributed by atoms with Crippen LogP contribution in [0, 0.1) is 0 Å². The topological polar surface area (TPSA) is 29.5 Å². The third kappa shape index (κ3) is 4.77. The highest BCUT2D eigenvalue weighted by atomic mass is 16.5. The normalized spacial score (nSPS) is 14.7. The SMILES string of the molecule is CCC(O)C(C)OCCCc1ccccc1. The van der Waals surface area contributed by atoms with Crippen molar-refractivity contribution in [2.75, 3.05) is 6.61 Å². The lowest BCUT2D eigenvalue weighted by Gasteiger charge is -2.17. The van der Waals surface area contributed by atoms with E-state index in [1.807, 2.05) is 19.9 Å². The number of benzene rings is 1. The smallest absolute Gasteiger partial charge is 0.0805 e. The van der Waals surface area contributed by atoms with Gasteiger partial charge in [0.1, 0.15) is 0 Å². The van der Waals surface area contributed by atoms with Crippen LogP contribution in [0.2, 0.25) is 0 Å². The van der Waals surface area contributed by atoms with E-state index in [0.717, 1.165) is 19.3 Å². The van der Waals surface area contributed by atoms with Gasteiger partial charge >= 0.3 is 0 Å². The first-order valence-electron chi connectivity index (χ1n) is 6.07. The minimum Gasteiger partial charge on any atom is -0.390 e. The van der Waals surface area contributed by atoms with Gasteiger partial charge in [-0.05, 0) is 31.7 Å². The number of aryl methyl sites for hydroxylation is 1. The van der Waals surface area contributed by atoms with Crippen LogP contribution in [-0.2, 0) is 11.2 Å². The van der Waals surface area contributed by atoms with Crippen LogP contribution in [0.5, 0.6) is 0 Å². The maximum Gasteiger partial charge on any atom is 0.0805 e. The molecule has 0 aromatic heterocycles. The largest absolute Gasteiger partial charge is 0.390 e. The molecule has 0 saturated heterocycles. The van der Waals surface area contributed by atoms with E-state index in [9.17, 15) is 5.11 Å². The van der Waals surface area contributed by atoms with E-state index in [-0.39, 0.29) is 12.2 Å². The zero-order valence-corrected chi connectivity index (χ0v) is 10.2. The summed E-state index contributed by atoms with van der Waals surface area (Å²) in [6.45, 7) is 4.61. The van der Waals surface area contributed by atoms with Crippen molar-refractivity contribution in [1.82, 2.24) is 0 Å². The van der Waals surface area contributed by atoms with E-state index in [0.29, 0.717) is 6.61 Å². The highest BCUT2D eigenvalue weighted by Crippen LogP contribution is 2.06. The van der Waals surface area contributed by atoms with E-state index in [2.05, 4.69) is 24.3 Å². The molecule has 1 aromatic rings. The fourth-order valence-electron chi connectivity index (χ4n) is 1.63. The van der Waals surface area contributed by atoms with Crippen LogP contribution < -0.4 is 0 Å². The number of rotatable bonds is 7. The second kappa shape index (κ2) is 7.42. The maximum atomic E-state index is 9.52. The molecule has 0 spiro atoms. The number of hydrogen-bond donors (Lipinski definition) is 1. The molecule has 0 aliphatic carbocycles. The zero-order valence-electron chi connectivity index (χ0n) is 10.2. The lowest BCUT2D eigenvalue weighted by molar-refractivity contribution is -0.0283. The molecule has 2 nitrogen and oxygen atoms in total. The highest BCUT2D eigenvalue weighted by Gasteiger charge is 2.11. The molecular formula is C14H22O2. The lowest BCUT2D eigenvalue weighted by Crippen LogP contribution is -2.25. The van der Waals surface area contributed by atoms with Gasteiger partial charge in [0, 0.05) is 6.61 Å². The standard InChI is InChI=1S/C14H22O2/c1-3-14(15)12(2)16-11-7-10-13-8-5-4-6-9-13/h4-6,8-9,12,14-15H,3,7,10-11H2,1-2H3. The quantitative estimate of drug-likeness (QED) is 0.719. The molecule has 1 rings (SSSR count). The second-order valence-electron chi connectivity index (χ2n) is 4.14. The minimum atomic E-state index is -0.336. The molecule has 90 valence electrons. The van der Waals surface area contributed by atoms with E-state index >= 15 is 0 Å². The lowest BCUT2D eigenvalue weighted by atomic mass is 10.1. The zero-order chi connectivity index (χ0) is 11.8. The summed E-state index contributed by atoms with van der Waals surface area (Å²) in [7, 11) is 0. The van der Waals surface area contributed by atoms with Gasteiger partial charge in [0.05, 0.1) is 12.2 Å². The molecular weight excluding hydrogens is 200 g/mol. The van der Waals surface area contributed by atoms with Gasteiger partial charge in [-0.15, -0.1) is 0 Å². The molecule has 1 N–H and O–H groups in total. The van der Waals surface area contributed by atoms with Crippen LogP contribution in [0.25, 0.3) is 0 Å². The third-order valence-corrected chi connectivity index (χ3v) is 2.79. The van der Waals surface area contributed by atoms with Gasteiger partial charge < -0.3 is 9.84 Å². The van der Waals surface area contributed by atoms with Crippen molar-refractivity contribution in [3.63, 3.8) is 0 Å². The van der Waals surface area contributed by atoms with Gasteiger partial charge in [-0.1, -0.05) is 37.3 Å². The van der Waals surface area contributed by atoms with Gasteiger partial charge in [-0.25, -0.2) is 0 Å². The first kappa shape index (κ1) is 13.2. The molecule has 0 heterocycles. The first-order valence-corrected chi connectivity index (χ1v) is 6.07. The Labute approximate surface area is 98.3 Å². The highest BCUT2D eigenvalue weighted by molar-refractivity contribution is 5.14. The molecule has 0 aliphatic heterocycles. The first-order chi connectivity index (χ1) is 7.74. The summed E-state index contributed by atoms with van der Waals surface area (Å²) in [5.74, 6) is 0. The molecule has 0 bridgehead atoms. The Bertz CT molecular complexity index is 271. The van der Waals surface area contributed by atoms with E-state index in [1.54, 1.807) is 0 Å². The molecule has 2 heteroatoms. The van der Waals surface area contributed by atoms with E-state index in [1.165, 1.54) is 5.56 Å². The second-order valence-corrected chi connectivity index (χ2v) is 4.14. The van der Waals surface area contributed by atoms with Crippen LogP contribution >= 0.6 is 0 Å². The van der Waals surface area contributed by atoms with Crippen LogP contribution in [0.4, 0.5) is 0 Å². The molecule has 0 amide bonds. The van der Waals surface area contributed by atoms with Gasteiger partial charge in [0.15, 0.2) is 0 Å². The average molecular weight is 222 g/mol. The monoisotopic (exact) mass is 222 g/mol. The molecule has 0 fully saturated rings. The summed E-state index contributed by atoms with van der Waals surface area (Å²) in [6, 6.07) is 10.4. The number of aliphatic hydroxyl groups excluding tert-OH is 1. The molecule has 2 unspecified atom stereocenters. The number of hydrogen-bond acceptors (Lipinski definition) is 2. The molecule has 0 aliphatic rings. The third-order valence-electron chi connectivity index (χ3n) is 2.79. The Morgan fingerprint density at radius 1 is 1.25 bits per heavy atom. The Morgan fingerprint density at radius 2 is 1.94 bits per heavy atom. The Hall–Kier alpha value is -0.860. The van der Waals surface area contributed by atoms with Crippen molar-refractivity contribution < 1.29 is 9.84 Å². The number of ether oxygens (including phenoxy) is 1. The maximum absolute atomic E-state index is 9.52. The Morgan fingerprint density at radius 3 is 2.56 bits per heavy atom. The number of aliphatic hydroxyl groups is 1. The molecule has 0 radical (unpaired) electrons.